The first-order valence-corrected chi connectivity index (χ1v) is 8.05. The molecule has 1 fully saturated rings. The van der Waals surface area contributed by atoms with Crippen LogP contribution in [-0.2, 0) is 16.1 Å². The maximum absolute atomic E-state index is 12.5. The maximum Gasteiger partial charge on any atom is 0.240 e. The Morgan fingerprint density at radius 3 is 2.24 bits per heavy atom. The smallest absolute Gasteiger partial charge is 0.240 e. The maximum atomic E-state index is 12.5. The molecule has 6 nitrogen and oxygen atoms in total. The first kappa shape index (κ1) is 16.8. The highest BCUT2D eigenvalue weighted by Crippen LogP contribution is 2.47. The van der Waals surface area contributed by atoms with Crippen molar-refractivity contribution in [3.63, 3.8) is 0 Å². The van der Waals surface area contributed by atoms with Gasteiger partial charge in [-0.15, -0.1) is 0 Å². The first-order chi connectivity index (χ1) is 12.0. The van der Waals surface area contributed by atoms with Gasteiger partial charge in [0.05, 0.1) is 7.11 Å². The SMILES string of the molecule is COc1ccc(CNC(=O)C2(C(=O)Nc3ccc(O)cc3)CC2)cc1. The molecule has 0 bridgehead atoms. The van der Waals surface area contributed by atoms with Crippen LogP contribution in [0.1, 0.15) is 18.4 Å². The third-order valence-corrected chi connectivity index (χ3v) is 4.36. The van der Waals surface area contributed by atoms with Gasteiger partial charge in [0.1, 0.15) is 16.9 Å². The Balaban J connectivity index is 1.58. The van der Waals surface area contributed by atoms with Crippen LogP contribution in [0.25, 0.3) is 0 Å². The van der Waals surface area contributed by atoms with Crippen LogP contribution in [0.4, 0.5) is 5.69 Å². The predicted octanol–water partition coefficient (Wildman–Crippen LogP) is 2.44. The van der Waals surface area contributed by atoms with E-state index >= 15 is 0 Å². The Morgan fingerprint density at radius 1 is 1.04 bits per heavy atom. The number of benzene rings is 2. The Kier molecular flexibility index (Phi) is 4.61. The van der Waals surface area contributed by atoms with Crippen LogP contribution in [-0.4, -0.2) is 24.0 Å². The minimum Gasteiger partial charge on any atom is -0.508 e. The summed E-state index contributed by atoms with van der Waals surface area (Å²) in [5.41, 5.74) is 0.491. The molecule has 0 unspecified atom stereocenters. The van der Waals surface area contributed by atoms with Crippen LogP contribution < -0.4 is 15.4 Å². The van der Waals surface area contributed by atoms with E-state index in [4.69, 9.17) is 4.74 Å². The molecule has 2 amide bonds. The van der Waals surface area contributed by atoms with Gasteiger partial charge in [0.2, 0.25) is 11.8 Å². The van der Waals surface area contributed by atoms with Crippen LogP contribution in [0.2, 0.25) is 0 Å². The van der Waals surface area contributed by atoms with Gasteiger partial charge in [-0.1, -0.05) is 12.1 Å². The molecule has 2 aromatic rings. The number of carbonyl (C=O) groups is 2. The molecule has 3 rings (SSSR count). The van der Waals surface area contributed by atoms with Crippen LogP contribution in [0.3, 0.4) is 0 Å². The van der Waals surface area contributed by atoms with Gasteiger partial charge in [-0.3, -0.25) is 9.59 Å². The molecular weight excluding hydrogens is 320 g/mol. The number of phenolic OH excluding ortho intramolecular Hbond substituents is 1. The standard InChI is InChI=1S/C19H20N2O4/c1-25-16-8-2-13(3-9-16)12-20-17(23)19(10-11-19)18(24)21-14-4-6-15(22)7-5-14/h2-9,22H,10-12H2,1H3,(H,20,23)(H,21,24). The van der Waals surface area contributed by atoms with Crippen molar-refractivity contribution in [2.45, 2.75) is 19.4 Å². The van der Waals surface area contributed by atoms with Gasteiger partial charge >= 0.3 is 0 Å². The highest BCUT2D eigenvalue weighted by Gasteiger charge is 2.56. The van der Waals surface area contributed by atoms with Crippen molar-refractivity contribution in [1.29, 1.82) is 0 Å². The third kappa shape index (κ3) is 3.74. The number of hydrogen-bond donors (Lipinski definition) is 3. The molecule has 0 atom stereocenters. The summed E-state index contributed by atoms with van der Waals surface area (Å²) in [4.78, 5) is 24.9. The molecule has 1 aliphatic carbocycles. The number of amides is 2. The topological polar surface area (TPSA) is 87.7 Å². The molecule has 25 heavy (non-hydrogen) atoms. The van der Waals surface area contributed by atoms with E-state index in [-0.39, 0.29) is 17.6 Å². The Labute approximate surface area is 145 Å². The number of rotatable bonds is 6. The monoisotopic (exact) mass is 340 g/mol. The Morgan fingerprint density at radius 2 is 1.68 bits per heavy atom. The van der Waals surface area contributed by atoms with Gasteiger partial charge in [-0.2, -0.15) is 0 Å². The van der Waals surface area contributed by atoms with E-state index < -0.39 is 5.41 Å². The molecule has 0 spiro atoms. The van der Waals surface area contributed by atoms with E-state index in [1.807, 2.05) is 24.3 Å². The summed E-state index contributed by atoms with van der Waals surface area (Å²) in [5, 5.41) is 14.9. The average Bonchev–Trinajstić information content (AvgIpc) is 3.44. The summed E-state index contributed by atoms with van der Waals surface area (Å²) in [7, 11) is 1.60. The highest BCUT2D eigenvalue weighted by atomic mass is 16.5. The molecule has 0 radical (unpaired) electrons. The predicted molar refractivity (Wildman–Crippen MR) is 93.2 cm³/mol. The number of nitrogens with one attached hydrogen (secondary N) is 2. The van der Waals surface area contributed by atoms with Crippen molar-refractivity contribution in [1.82, 2.24) is 5.32 Å². The van der Waals surface area contributed by atoms with E-state index in [1.165, 1.54) is 12.1 Å². The zero-order valence-corrected chi connectivity index (χ0v) is 13.9. The van der Waals surface area contributed by atoms with Crippen LogP contribution in [0, 0.1) is 5.41 Å². The second kappa shape index (κ2) is 6.84. The Bertz CT molecular complexity index is 765. The first-order valence-electron chi connectivity index (χ1n) is 8.05. The van der Waals surface area contributed by atoms with Gasteiger partial charge in [0.25, 0.3) is 0 Å². The second-order valence-corrected chi connectivity index (χ2v) is 6.11. The molecular formula is C19H20N2O4. The van der Waals surface area contributed by atoms with E-state index in [2.05, 4.69) is 10.6 Å². The fourth-order valence-electron chi connectivity index (χ4n) is 2.57. The number of anilines is 1. The second-order valence-electron chi connectivity index (χ2n) is 6.11. The van der Waals surface area contributed by atoms with Crippen LogP contribution >= 0.6 is 0 Å². The summed E-state index contributed by atoms with van der Waals surface area (Å²) in [6, 6.07) is 13.6. The zero-order chi connectivity index (χ0) is 17.9. The molecule has 0 saturated heterocycles. The van der Waals surface area contributed by atoms with Crippen molar-refractivity contribution in [2.75, 3.05) is 12.4 Å². The van der Waals surface area contributed by atoms with Gasteiger partial charge in [0.15, 0.2) is 0 Å². The molecule has 0 heterocycles. The summed E-state index contributed by atoms with van der Waals surface area (Å²) in [6.45, 7) is 0.358. The number of carbonyl (C=O) groups excluding carboxylic acids is 2. The summed E-state index contributed by atoms with van der Waals surface area (Å²) >= 11 is 0. The number of methoxy groups -OCH3 is 1. The lowest BCUT2D eigenvalue weighted by molar-refractivity contribution is -0.134. The molecule has 6 heteroatoms. The number of aromatic hydroxyl groups is 1. The minimum absolute atomic E-state index is 0.122. The van der Waals surface area contributed by atoms with Gasteiger partial charge in [-0.25, -0.2) is 0 Å². The highest BCUT2D eigenvalue weighted by molar-refractivity contribution is 6.13. The summed E-state index contributed by atoms with van der Waals surface area (Å²) in [5.74, 6) is 0.295. The molecule has 1 aliphatic rings. The van der Waals surface area contributed by atoms with Crippen LogP contribution in [0.15, 0.2) is 48.5 Å². The lowest BCUT2D eigenvalue weighted by Gasteiger charge is -2.15. The normalized spacial score (nSPS) is 14.4. The zero-order valence-electron chi connectivity index (χ0n) is 13.9. The molecule has 3 N–H and O–H groups in total. The summed E-state index contributed by atoms with van der Waals surface area (Å²) in [6.07, 6.45) is 1.07. The molecule has 0 aromatic heterocycles. The number of ether oxygens (including phenoxy) is 1. The lowest BCUT2D eigenvalue weighted by atomic mass is 10.0. The third-order valence-electron chi connectivity index (χ3n) is 4.36. The van der Waals surface area contributed by atoms with Gasteiger partial charge < -0.3 is 20.5 Å². The average molecular weight is 340 g/mol. The van der Waals surface area contributed by atoms with E-state index in [9.17, 15) is 14.7 Å². The van der Waals surface area contributed by atoms with Crippen molar-refractivity contribution in [3.8, 4) is 11.5 Å². The largest absolute Gasteiger partial charge is 0.508 e. The molecule has 130 valence electrons. The fraction of sp³-hybridized carbons (Fsp3) is 0.263. The quantitative estimate of drug-likeness (QED) is 0.557. The van der Waals surface area contributed by atoms with Crippen molar-refractivity contribution in [2.24, 2.45) is 5.41 Å². The van der Waals surface area contributed by atoms with E-state index in [1.54, 1.807) is 19.2 Å². The number of hydrogen-bond acceptors (Lipinski definition) is 4. The molecule has 0 aliphatic heterocycles. The van der Waals surface area contributed by atoms with Gasteiger partial charge in [0, 0.05) is 12.2 Å². The van der Waals surface area contributed by atoms with E-state index in [0.29, 0.717) is 25.1 Å². The van der Waals surface area contributed by atoms with E-state index in [0.717, 1.165) is 11.3 Å². The lowest BCUT2D eigenvalue weighted by Crippen LogP contribution is -2.39. The van der Waals surface area contributed by atoms with Crippen molar-refractivity contribution < 1.29 is 19.4 Å². The minimum atomic E-state index is -0.996. The van der Waals surface area contributed by atoms with Crippen molar-refractivity contribution >= 4 is 17.5 Å². The van der Waals surface area contributed by atoms with Crippen LogP contribution in [0.5, 0.6) is 11.5 Å². The fourth-order valence-corrected chi connectivity index (χ4v) is 2.57. The molecule has 2 aromatic carbocycles. The van der Waals surface area contributed by atoms with Crippen molar-refractivity contribution in [3.05, 3.63) is 54.1 Å². The van der Waals surface area contributed by atoms with Gasteiger partial charge in [-0.05, 0) is 54.8 Å². The number of phenols is 1. The Hall–Kier alpha value is -3.02. The molecule has 1 saturated carbocycles. The summed E-state index contributed by atoms with van der Waals surface area (Å²) < 4.78 is 5.10.